The van der Waals surface area contributed by atoms with Crippen LogP contribution in [-0.2, 0) is 0 Å². The molecule has 0 aliphatic heterocycles. The lowest BCUT2D eigenvalue weighted by Crippen LogP contribution is -1.96. The molecule has 0 radical (unpaired) electrons. The Labute approximate surface area is 97.0 Å². The van der Waals surface area contributed by atoms with E-state index in [1.54, 1.807) is 0 Å². The van der Waals surface area contributed by atoms with Crippen molar-refractivity contribution in [2.24, 2.45) is 0 Å². The Morgan fingerprint density at radius 3 is 3.00 bits per heavy atom. The van der Waals surface area contributed by atoms with Gasteiger partial charge in [0.25, 0.3) is 0 Å². The highest BCUT2D eigenvalue weighted by Gasteiger charge is 2.26. The van der Waals surface area contributed by atoms with Gasteiger partial charge in [-0.15, -0.1) is 11.3 Å². The zero-order chi connectivity index (χ0) is 11.1. The summed E-state index contributed by atoms with van der Waals surface area (Å²) in [6.45, 7) is 1.54. The average molecular weight is 233 g/mol. The molecular formula is C11H11N3OS. The van der Waals surface area contributed by atoms with E-state index in [4.69, 9.17) is 0 Å². The largest absolute Gasteiger partial charge is 0.326 e. The van der Waals surface area contributed by atoms with E-state index in [0.29, 0.717) is 11.7 Å². The Balaban J connectivity index is 2.00. The molecule has 82 valence electrons. The van der Waals surface area contributed by atoms with E-state index in [2.05, 4.69) is 14.5 Å². The van der Waals surface area contributed by atoms with Crippen molar-refractivity contribution >= 4 is 17.1 Å². The van der Waals surface area contributed by atoms with Crippen LogP contribution in [0.1, 0.15) is 36.3 Å². The Hall–Kier alpha value is -1.49. The van der Waals surface area contributed by atoms with E-state index in [1.807, 2.05) is 17.9 Å². The van der Waals surface area contributed by atoms with Gasteiger partial charge in [-0.3, -0.25) is 4.79 Å². The van der Waals surface area contributed by atoms with Crippen LogP contribution in [0.2, 0.25) is 0 Å². The monoisotopic (exact) mass is 233 g/mol. The summed E-state index contributed by atoms with van der Waals surface area (Å²) in [4.78, 5) is 19.7. The predicted octanol–water partition coefficient (Wildman–Crippen LogP) is 2.54. The molecule has 2 heterocycles. The first-order valence-electron chi connectivity index (χ1n) is 5.24. The fourth-order valence-electron chi connectivity index (χ4n) is 1.67. The number of ketones is 1. The molecule has 16 heavy (non-hydrogen) atoms. The third-order valence-corrected chi connectivity index (χ3v) is 3.56. The number of hydrogen-bond donors (Lipinski definition) is 0. The van der Waals surface area contributed by atoms with Crippen molar-refractivity contribution in [3.63, 3.8) is 0 Å². The van der Waals surface area contributed by atoms with Crippen LogP contribution in [0.4, 0.5) is 0 Å². The molecule has 0 spiro atoms. The minimum absolute atomic E-state index is 0.0139. The average Bonchev–Trinajstić information content (AvgIpc) is 2.83. The first-order valence-corrected chi connectivity index (χ1v) is 6.12. The minimum atomic E-state index is 0.0139. The second-order valence-electron chi connectivity index (χ2n) is 4.01. The highest BCUT2D eigenvalue weighted by Crippen LogP contribution is 2.38. The maximum absolute atomic E-state index is 11.2. The number of thiazole rings is 1. The summed E-state index contributed by atoms with van der Waals surface area (Å²) in [5, 5.41) is 2.69. The van der Waals surface area contributed by atoms with E-state index in [9.17, 15) is 4.79 Å². The maximum Gasteiger partial charge on any atom is 0.178 e. The lowest BCUT2D eigenvalue weighted by Gasteiger charge is -2.02. The fourth-order valence-corrected chi connectivity index (χ4v) is 2.54. The number of hydrogen-bond acceptors (Lipinski definition) is 4. The van der Waals surface area contributed by atoms with Crippen LogP contribution in [0.5, 0.6) is 0 Å². The van der Waals surface area contributed by atoms with E-state index < -0.39 is 0 Å². The van der Waals surface area contributed by atoms with Crippen molar-refractivity contribution in [1.82, 2.24) is 14.5 Å². The second kappa shape index (κ2) is 3.52. The summed E-state index contributed by atoms with van der Waals surface area (Å²) >= 11 is 1.50. The van der Waals surface area contributed by atoms with Crippen LogP contribution in [0.25, 0.3) is 10.7 Å². The van der Waals surface area contributed by atoms with Gasteiger partial charge in [-0.1, -0.05) is 0 Å². The molecule has 0 atom stereocenters. The van der Waals surface area contributed by atoms with Gasteiger partial charge in [0, 0.05) is 18.3 Å². The van der Waals surface area contributed by atoms with Gasteiger partial charge in [0.05, 0.1) is 18.2 Å². The van der Waals surface area contributed by atoms with Gasteiger partial charge in [0.15, 0.2) is 5.78 Å². The van der Waals surface area contributed by atoms with E-state index >= 15 is 0 Å². The fraction of sp³-hybridized carbons (Fsp3) is 0.364. The van der Waals surface area contributed by atoms with Gasteiger partial charge in [-0.25, -0.2) is 9.97 Å². The number of aromatic nitrogens is 3. The molecule has 0 N–H and O–H groups in total. The highest BCUT2D eigenvalue weighted by molar-refractivity contribution is 7.13. The Morgan fingerprint density at radius 1 is 1.56 bits per heavy atom. The molecule has 0 aromatic carbocycles. The topological polar surface area (TPSA) is 47.8 Å². The lowest BCUT2D eigenvalue weighted by atomic mass is 10.3. The number of carbonyl (C=O) groups excluding carboxylic acids is 1. The van der Waals surface area contributed by atoms with Gasteiger partial charge in [-0.2, -0.15) is 0 Å². The third kappa shape index (κ3) is 1.57. The van der Waals surface area contributed by atoms with E-state index in [-0.39, 0.29) is 5.78 Å². The number of nitrogens with zero attached hydrogens (tertiary/aromatic N) is 3. The van der Waals surface area contributed by atoms with E-state index in [0.717, 1.165) is 10.7 Å². The summed E-state index contributed by atoms with van der Waals surface area (Å²) in [5.41, 5.74) is 1.57. The van der Waals surface area contributed by atoms with Crippen LogP contribution >= 0.6 is 11.3 Å². The quantitative estimate of drug-likeness (QED) is 0.765. The number of carbonyl (C=O) groups is 1. The van der Waals surface area contributed by atoms with Crippen LogP contribution in [0.15, 0.2) is 17.9 Å². The number of rotatable bonds is 3. The molecule has 1 fully saturated rings. The van der Waals surface area contributed by atoms with Crippen LogP contribution in [-0.4, -0.2) is 20.3 Å². The second-order valence-corrected chi connectivity index (χ2v) is 4.87. The Kier molecular flexibility index (Phi) is 2.14. The van der Waals surface area contributed by atoms with Crippen molar-refractivity contribution in [2.45, 2.75) is 25.8 Å². The molecule has 1 aliphatic rings. The lowest BCUT2D eigenvalue weighted by molar-refractivity contribution is 0.101. The zero-order valence-corrected chi connectivity index (χ0v) is 9.70. The minimum Gasteiger partial charge on any atom is -0.326 e. The number of imidazole rings is 1. The normalized spacial score (nSPS) is 15.3. The van der Waals surface area contributed by atoms with Crippen LogP contribution < -0.4 is 0 Å². The summed E-state index contributed by atoms with van der Waals surface area (Å²) in [7, 11) is 0. The standard InChI is InChI=1S/C11H11N3OS/c1-7(15)9-5-16-11(13-9)10-4-12-6-14(10)8-2-3-8/h4-6,8H,2-3H2,1H3. The molecule has 2 aromatic rings. The van der Waals surface area contributed by atoms with Crippen molar-refractivity contribution in [3.05, 3.63) is 23.6 Å². The molecule has 0 bridgehead atoms. The molecule has 2 aromatic heterocycles. The molecule has 5 heteroatoms. The van der Waals surface area contributed by atoms with Crippen molar-refractivity contribution in [3.8, 4) is 10.7 Å². The molecular weight excluding hydrogens is 222 g/mol. The van der Waals surface area contributed by atoms with Gasteiger partial charge in [0.1, 0.15) is 10.7 Å². The summed E-state index contributed by atoms with van der Waals surface area (Å²) < 4.78 is 2.16. The predicted molar refractivity (Wildman–Crippen MR) is 61.6 cm³/mol. The van der Waals surface area contributed by atoms with Crippen molar-refractivity contribution in [2.75, 3.05) is 0 Å². The first kappa shape index (κ1) is 9.72. The Morgan fingerprint density at radius 2 is 2.38 bits per heavy atom. The highest BCUT2D eigenvalue weighted by atomic mass is 32.1. The molecule has 1 aliphatic carbocycles. The molecule has 3 rings (SSSR count). The SMILES string of the molecule is CC(=O)c1csc(-c2cncn2C2CC2)n1. The van der Waals surface area contributed by atoms with Gasteiger partial charge < -0.3 is 4.57 Å². The molecule has 0 unspecified atom stereocenters. The van der Waals surface area contributed by atoms with Gasteiger partial charge >= 0.3 is 0 Å². The van der Waals surface area contributed by atoms with E-state index in [1.165, 1.54) is 31.1 Å². The maximum atomic E-state index is 11.2. The summed E-state index contributed by atoms with van der Waals surface area (Å²) in [5.74, 6) is 0.0139. The summed E-state index contributed by atoms with van der Waals surface area (Å²) in [6, 6.07) is 0.585. The zero-order valence-electron chi connectivity index (χ0n) is 8.88. The molecule has 4 nitrogen and oxygen atoms in total. The van der Waals surface area contributed by atoms with Gasteiger partial charge in [0.2, 0.25) is 0 Å². The molecule has 0 amide bonds. The molecule has 0 saturated heterocycles. The van der Waals surface area contributed by atoms with Crippen molar-refractivity contribution in [1.29, 1.82) is 0 Å². The van der Waals surface area contributed by atoms with Crippen LogP contribution in [0, 0.1) is 0 Å². The third-order valence-electron chi connectivity index (χ3n) is 2.69. The van der Waals surface area contributed by atoms with Crippen LogP contribution in [0.3, 0.4) is 0 Å². The molecule has 1 saturated carbocycles. The first-order chi connectivity index (χ1) is 7.75. The Bertz CT molecular complexity index is 539. The number of Topliss-reactive ketones (excluding diaryl/α,β-unsaturated/α-hetero) is 1. The smallest absolute Gasteiger partial charge is 0.178 e. The van der Waals surface area contributed by atoms with Crippen molar-refractivity contribution < 1.29 is 4.79 Å². The van der Waals surface area contributed by atoms with Gasteiger partial charge in [-0.05, 0) is 12.8 Å². The summed E-state index contributed by atoms with van der Waals surface area (Å²) in [6.07, 6.45) is 6.10.